The number of carbonyl (C=O) groups is 2. The van der Waals surface area contributed by atoms with E-state index in [1.165, 1.54) is 0 Å². The highest BCUT2D eigenvalue weighted by Crippen LogP contribution is 2.26. The number of nitrogens with one attached hydrogen (secondary N) is 2. The van der Waals surface area contributed by atoms with Gasteiger partial charge < -0.3 is 15.5 Å². The number of nitrogens with zero attached hydrogens (tertiary/aromatic N) is 2. The second-order valence-corrected chi connectivity index (χ2v) is 8.22. The first kappa shape index (κ1) is 22.1. The van der Waals surface area contributed by atoms with Gasteiger partial charge in [0.2, 0.25) is 11.8 Å². The van der Waals surface area contributed by atoms with Crippen molar-refractivity contribution in [1.29, 1.82) is 0 Å². The molecule has 0 unspecified atom stereocenters. The molecule has 3 rings (SSSR count). The lowest BCUT2D eigenvalue weighted by Crippen LogP contribution is -2.50. The number of anilines is 2. The summed E-state index contributed by atoms with van der Waals surface area (Å²) in [5.74, 6) is -0.365. The second kappa shape index (κ2) is 9.96. The monoisotopic (exact) mass is 428 g/mol. The lowest BCUT2D eigenvalue weighted by atomic mass is 10.1. The molecule has 1 saturated heterocycles. The van der Waals surface area contributed by atoms with Gasteiger partial charge in [-0.25, -0.2) is 0 Å². The van der Waals surface area contributed by atoms with E-state index < -0.39 is 0 Å². The molecule has 2 aromatic carbocycles. The van der Waals surface area contributed by atoms with Crippen LogP contribution in [0.1, 0.15) is 16.7 Å². The average molecular weight is 429 g/mol. The fourth-order valence-electron chi connectivity index (χ4n) is 3.85. The summed E-state index contributed by atoms with van der Waals surface area (Å²) in [6.45, 7) is 9.37. The van der Waals surface area contributed by atoms with E-state index in [2.05, 4.69) is 20.4 Å². The van der Waals surface area contributed by atoms with Crippen LogP contribution in [-0.4, -0.2) is 56.0 Å². The first-order valence-electron chi connectivity index (χ1n) is 10.2. The lowest BCUT2D eigenvalue weighted by Gasteiger charge is -2.36. The Balaban J connectivity index is 1.42. The minimum Gasteiger partial charge on any atom is -0.368 e. The van der Waals surface area contributed by atoms with E-state index in [1.54, 1.807) is 0 Å². The molecular weight excluding hydrogens is 400 g/mol. The van der Waals surface area contributed by atoms with Gasteiger partial charge in [-0.15, -0.1) is 0 Å². The van der Waals surface area contributed by atoms with Gasteiger partial charge in [0.1, 0.15) is 0 Å². The molecule has 0 saturated carbocycles. The number of benzene rings is 2. The zero-order valence-electron chi connectivity index (χ0n) is 17.8. The Hall–Kier alpha value is -2.57. The van der Waals surface area contributed by atoms with Gasteiger partial charge in [0.25, 0.3) is 0 Å². The second-order valence-electron chi connectivity index (χ2n) is 7.81. The van der Waals surface area contributed by atoms with Crippen molar-refractivity contribution in [3.8, 4) is 0 Å². The van der Waals surface area contributed by atoms with Crippen LogP contribution in [-0.2, 0) is 9.59 Å². The predicted octanol–water partition coefficient (Wildman–Crippen LogP) is 3.14. The van der Waals surface area contributed by atoms with Crippen LogP contribution in [0.4, 0.5) is 11.4 Å². The molecule has 1 aliphatic rings. The SMILES string of the molecule is Cc1cc(C)c(NC(=O)CNC(=O)CN2CCN(c3ccccc3Cl)CC2)c(C)c1. The number of amides is 2. The van der Waals surface area contributed by atoms with Crippen molar-refractivity contribution in [2.24, 2.45) is 0 Å². The molecule has 7 heteroatoms. The van der Waals surface area contributed by atoms with E-state index in [-0.39, 0.29) is 24.9 Å². The number of hydrogen-bond acceptors (Lipinski definition) is 4. The number of para-hydroxylation sites is 1. The first-order chi connectivity index (χ1) is 14.3. The van der Waals surface area contributed by atoms with Gasteiger partial charge in [0.05, 0.1) is 23.8 Å². The Bertz CT molecular complexity index is 900. The van der Waals surface area contributed by atoms with Crippen molar-refractivity contribution in [1.82, 2.24) is 10.2 Å². The van der Waals surface area contributed by atoms with Crippen LogP contribution in [0.5, 0.6) is 0 Å². The van der Waals surface area contributed by atoms with Crippen molar-refractivity contribution in [2.75, 3.05) is 49.5 Å². The van der Waals surface area contributed by atoms with Crippen LogP contribution < -0.4 is 15.5 Å². The number of aryl methyl sites for hydroxylation is 3. The first-order valence-corrected chi connectivity index (χ1v) is 10.6. The Morgan fingerprint density at radius 1 is 0.967 bits per heavy atom. The van der Waals surface area contributed by atoms with Gasteiger partial charge in [-0.1, -0.05) is 41.4 Å². The summed E-state index contributed by atoms with van der Waals surface area (Å²) in [6.07, 6.45) is 0. The molecule has 1 heterocycles. The zero-order valence-corrected chi connectivity index (χ0v) is 18.6. The third kappa shape index (κ3) is 5.74. The number of rotatable bonds is 6. The highest BCUT2D eigenvalue weighted by Gasteiger charge is 2.20. The van der Waals surface area contributed by atoms with Crippen molar-refractivity contribution in [2.45, 2.75) is 20.8 Å². The predicted molar refractivity (Wildman–Crippen MR) is 122 cm³/mol. The lowest BCUT2D eigenvalue weighted by molar-refractivity contribution is -0.125. The summed E-state index contributed by atoms with van der Waals surface area (Å²) in [7, 11) is 0. The van der Waals surface area contributed by atoms with Gasteiger partial charge in [-0.05, 0) is 44.0 Å². The molecule has 0 bridgehead atoms. The number of piperazine rings is 1. The Morgan fingerprint density at radius 2 is 1.60 bits per heavy atom. The van der Waals surface area contributed by atoms with Crippen LogP contribution in [0.2, 0.25) is 5.02 Å². The quantitative estimate of drug-likeness (QED) is 0.741. The Morgan fingerprint density at radius 3 is 2.23 bits per heavy atom. The van der Waals surface area contributed by atoms with Gasteiger partial charge in [0.15, 0.2) is 0 Å². The summed E-state index contributed by atoms with van der Waals surface area (Å²) in [5, 5.41) is 6.38. The molecule has 6 nitrogen and oxygen atoms in total. The van der Waals surface area contributed by atoms with Crippen LogP contribution >= 0.6 is 11.6 Å². The maximum atomic E-state index is 12.3. The largest absolute Gasteiger partial charge is 0.368 e. The van der Waals surface area contributed by atoms with Gasteiger partial charge in [0, 0.05) is 31.9 Å². The zero-order chi connectivity index (χ0) is 21.7. The van der Waals surface area contributed by atoms with Crippen molar-refractivity contribution < 1.29 is 9.59 Å². The Kier molecular flexibility index (Phi) is 7.34. The highest BCUT2D eigenvalue weighted by molar-refractivity contribution is 6.33. The minimum absolute atomic E-state index is 0.0365. The van der Waals surface area contributed by atoms with E-state index in [1.807, 2.05) is 57.2 Å². The van der Waals surface area contributed by atoms with Crippen molar-refractivity contribution in [3.63, 3.8) is 0 Å². The van der Waals surface area contributed by atoms with E-state index in [4.69, 9.17) is 11.6 Å². The number of carbonyl (C=O) groups excluding carboxylic acids is 2. The molecule has 0 radical (unpaired) electrons. The smallest absolute Gasteiger partial charge is 0.243 e. The summed E-state index contributed by atoms with van der Waals surface area (Å²) < 4.78 is 0. The normalized spacial score (nSPS) is 14.5. The van der Waals surface area contributed by atoms with E-state index in [0.29, 0.717) is 0 Å². The van der Waals surface area contributed by atoms with Gasteiger partial charge in [-0.2, -0.15) is 0 Å². The molecule has 2 amide bonds. The molecule has 0 aromatic heterocycles. The topological polar surface area (TPSA) is 64.7 Å². The van der Waals surface area contributed by atoms with Crippen LogP contribution in [0.25, 0.3) is 0 Å². The van der Waals surface area contributed by atoms with Gasteiger partial charge in [-0.3, -0.25) is 14.5 Å². The molecule has 0 atom stereocenters. The summed E-state index contributed by atoms with van der Waals surface area (Å²) in [6, 6.07) is 11.9. The Labute approximate surface area is 183 Å². The van der Waals surface area contributed by atoms with E-state index >= 15 is 0 Å². The summed E-state index contributed by atoms with van der Waals surface area (Å²) in [5.41, 5.74) is 5.04. The van der Waals surface area contributed by atoms with E-state index in [9.17, 15) is 9.59 Å². The fourth-order valence-corrected chi connectivity index (χ4v) is 4.11. The number of hydrogen-bond donors (Lipinski definition) is 2. The molecule has 0 aliphatic carbocycles. The summed E-state index contributed by atoms with van der Waals surface area (Å²) >= 11 is 6.28. The maximum absolute atomic E-state index is 12.3. The molecule has 0 spiro atoms. The molecule has 1 aliphatic heterocycles. The highest BCUT2D eigenvalue weighted by atomic mass is 35.5. The minimum atomic E-state index is -0.220. The fraction of sp³-hybridized carbons (Fsp3) is 0.391. The molecule has 2 aromatic rings. The third-order valence-corrected chi connectivity index (χ3v) is 5.64. The third-order valence-electron chi connectivity index (χ3n) is 5.32. The molecule has 1 fully saturated rings. The van der Waals surface area contributed by atoms with Crippen LogP contribution in [0.3, 0.4) is 0 Å². The maximum Gasteiger partial charge on any atom is 0.243 e. The summed E-state index contributed by atoms with van der Waals surface area (Å²) in [4.78, 5) is 28.9. The van der Waals surface area contributed by atoms with Crippen LogP contribution in [0.15, 0.2) is 36.4 Å². The molecule has 160 valence electrons. The van der Waals surface area contributed by atoms with Crippen molar-refractivity contribution >= 4 is 34.8 Å². The standard InChI is InChI=1S/C23H29ClN4O2/c1-16-12-17(2)23(18(3)13-16)26-21(29)14-25-22(30)15-27-8-10-28(11-9-27)20-7-5-4-6-19(20)24/h4-7,12-13H,8-11,14-15H2,1-3H3,(H,25,30)(H,26,29). The average Bonchev–Trinajstić information content (AvgIpc) is 2.70. The van der Waals surface area contributed by atoms with E-state index in [0.717, 1.165) is 59.3 Å². The molecule has 30 heavy (non-hydrogen) atoms. The van der Waals surface area contributed by atoms with Gasteiger partial charge >= 0.3 is 0 Å². The molecular formula is C23H29ClN4O2. The van der Waals surface area contributed by atoms with Crippen molar-refractivity contribution in [3.05, 3.63) is 58.1 Å². The number of halogens is 1. The van der Waals surface area contributed by atoms with Crippen LogP contribution in [0, 0.1) is 20.8 Å². The molecule has 2 N–H and O–H groups in total.